The number of rotatable bonds is 1. The van der Waals surface area contributed by atoms with Crippen molar-refractivity contribution in [2.75, 3.05) is 18.4 Å². The van der Waals surface area contributed by atoms with Crippen LogP contribution >= 0.6 is 0 Å². The van der Waals surface area contributed by atoms with E-state index in [1.54, 1.807) is 0 Å². The molecule has 0 saturated carbocycles. The molecule has 3 unspecified atom stereocenters. The van der Waals surface area contributed by atoms with Crippen LogP contribution in [0.15, 0.2) is 24.3 Å². The third-order valence-electron chi connectivity index (χ3n) is 5.34. The molecule has 0 bridgehead atoms. The fourth-order valence-corrected chi connectivity index (χ4v) is 4.21. The number of nitrogens with zero attached hydrogens (tertiary/aromatic N) is 1. The zero-order valence-electron chi connectivity index (χ0n) is 11.3. The average Bonchev–Trinajstić information content (AvgIpc) is 3.04. The zero-order valence-corrected chi connectivity index (χ0v) is 11.3. The lowest BCUT2D eigenvalue weighted by molar-refractivity contribution is -0.0481. The van der Waals surface area contributed by atoms with E-state index in [1.165, 1.54) is 30.6 Å². The molecule has 3 aliphatic rings. The van der Waals surface area contributed by atoms with Gasteiger partial charge in [-0.1, -0.05) is 18.2 Å². The molecule has 0 aromatic heterocycles. The van der Waals surface area contributed by atoms with Crippen LogP contribution in [-0.4, -0.2) is 40.8 Å². The van der Waals surface area contributed by atoms with Gasteiger partial charge in [0, 0.05) is 18.3 Å². The van der Waals surface area contributed by atoms with Gasteiger partial charge in [0.25, 0.3) is 0 Å². The SMILES string of the molecule is OC1(C2Cc3ccccc3N2)CCN2CCCC2C1. The lowest BCUT2D eigenvalue weighted by Gasteiger charge is -2.44. The number of nitrogens with one attached hydrogen (secondary N) is 1. The Kier molecular flexibility index (Phi) is 2.61. The van der Waals surface area contributed by atoms with Crippen LogP contribution in [0.4, 0.5) is 5.69 Å². The largest absolute Gasteiger partial charge is 0.388 e. The van der Waals surface area contributed by atoms with Gasteiger partial charge in [-0.2, -0.15) is 0 Å². The molecule has 2 fully saturated rings. The molecule has 3 heteroatoms. The second-order valence-corrected chi connectivity index (χ2v) is 6.45. The Morgan fingerprint density at radius 3 is 3.05 bits per heavy atom. The first-order valence-corrected chi connectivity index (χ1v) is 7.55. The highest BCUT2D eigenvalue weighted by Gasteiger charge is 2.46. The van der Waals surface area contributed by atoms with Crippen molar-refractivity contribution in [2.45, 2.75) is 49.8 Å². The first kappa shape index (κ1) is 11.7. The van der Waals surface area contributed by atoms with Crippen molar-refractivity contribution in [1.29, 1.82) is 0 Å². The minimum atomic E-state index is -0.523. The highest BCUT2D eigenvalue weighted by atomic mass is 16.3. The normalized spacial score (nSPS) is 37.7. The maximum absolute atomic E-state index is 11.1. The van der Waals surface area contributed by atoms with Crippen LogP contribution in [-0.2, 0) is 6.42 Å². The summed E-state index contributed by atoms with van der Waals surface area (Å²) in [6.45, 7) is 2.30. The van der Waals surface area contributed by atoms with Gasteiger partial charge < -0.3 is 15.3 Å². The topological polar surface area (TPSA) is 35.5 Å². The molecule has 3 aliphatic heterocycles. The van der Waals surface area contributed by atoms with Gasteiger partial charge in [0.1, 0.15) is 0 Å². The quantitative estimate of drug-likeness (QED) is 0.809. The van der Waals surface area contributed by atoms with Crippen molar-refractivity contribution in [3.63, 3.8) is 0 Å². The number of piperidine rings is 1. The van der Waals surface area contributed by atoms with E-state index in [0.717, 1.165) is 25.8 Å². The number of para-hydroxylation sites is 1. The first-order chi connectivity index (χ1) is 9.24. The van der Waals surface area contributed by atoms with Crippen LogP contribution in [0.2, 0.25) is 0 Å². The Labute approximate surface area is 114 Å². The third kappa shape index (κ3) is 1.87. The number of benzene rings is 1. The van der Waals surface area contributed by atoms with E-state index in [4.69, 9.17) is 0 Å². The van der Waals surface area contributed by atoms with E-state index in [2.05, 4.69) is 34.5 Å². The maximum atomic E-state index is 11.1. The van der Waals surface area contributed by atoms with Gasteiger partial charge in [0.15, 0.2) is 0 Å². The Hall–Kier alpha value is -1.06. The minimum Gasteiger partial charge on any atom is -0.388 e. The van der Waals surface area contributed by atoms with Crippen LogP contribution in [0.5, 0.6) is 0 Å². The number of anilines is 1. The lowest BCUT2D eigenvalue weighted by atomic mass is 9.80. The number of aliphatic hydroxyl groups is 1. The average molecular weight is 258 g/mol. The molecule has 1 aromatic rings. The fourth-order valence-electron chi connectivity index (χ4n) is 4.21. The van der Waals surface area contributed by atoms with Crippen LogP contribution in [0.1, 0.15) is 31.2 Å². The Morgan fingerprint density at radius 1 is 1.26 bits per heavy atom. The van der Waals surface area contributed by atoms with Crippen LogP contribution in [0, 0.1) is 0 Å². The summed E-state index contributed by atoms with van der Waals surface area (Å²) in [7, 11) is 0. The molecule has 2 saturated heterocycles. The Balaban J connectivity index is 1.54. The molecule has 3 heterocycles. The van der Waals surface area contributed by atoms with Crippen LogP contribution < -0.4 is 5.32 Å². The van der Waals surface area contributed by atoms with Gasteiger partial charge in [-0.3, -0.25) is 0 Å². The zero-order chi connectivity index (χ0) is 12.9. The molecular formula is C16H22N2O. The van der Waals surface area contributed by atoms with Gasteiger partial charge in [-0.15, -0.1) is 0 Å². The van der Waals surface area contributed by atoms with Crippen LogP contribution in [0.3, 0.4) is 0 Å². The smallest absolute Gasteiger partial charge is 0.0878 e. The van der Waals surface area contributed by atoms with E-state index in [1.807, 2.05) is 0 Å². The van der Waals surface area contributed by atoms with E-state index in [9.17, 15) is 5.11 Å². The maximum Gasteiger partial charge on any atom is 0.0878 e. The lowest BCUT2D eigenvalue weighted by Crippen LogP contribution is -2.55. The van der Waals surface area contributed by atoms with Gasteiger partial charge in [-0.25, -0.2) is 0 Å². The van der Waals surface area contributed by atoms with Gasteiger partial charge in [-0.05, 0) is 50.3 Å². The molecule has 2 N–H and O–H groups in total. The number of hydrogen-bond acceptors (Lipinski definition) is 3. The summed E-state index contributed by atoms with van der Waals surface area (Å²) < 4.78 is 0. The monoisotopic (exact) mass is 258 g/mol. The summed E-state index contributed by atoms with van der Waals surface area (Å²) in [5.74, 6) is 0. The molecule has 3 nitrogen and oxygen atoms in total. The molecule has 3 atom stereocenters. The standard InChI is InChI=1S/C16H22N2O/c19-16(7-9-18-8-3-5-13(18)11-16)15-10-12-4-1-2-6-14(12)17-15/h1-2,4,6,13,15,17,19H,3,5,7-11H2. The molecule has 0 aliphatic carbocycles. The highest BCUT2D eigenvalue weighted by Crippen LogP contribution is 2.39. The molecule has 0 radical (unpaired) electrons. The predicted molar refractivity (Wildman–Crippen MR) is 76.3 cm³/mol. The highest BCUT2D eigenvalue weighted by molar-refractivity contribution is 5.57. The van der Waals surface area contributed by atoms with Crippen LogP contribution in [0.25, 0.3) is 0 Å². The number of hydrogen-bond donors (Lipinski definition) is 2. The molecule has 102 valence electrons. The fraction of sp³-hybridized carbons (Fsp3) is 0.625. The summed E-state index contributed by atoms with van der Waals surface area (Å²) in [4.78, 5) is 2.57. The first-order valence-electron chi connectivity index (χ1n) is 7.55. The molecule has 0 spiro atoms. The Bertz CT molecular complexity index is 464. The summed E-state index contributed by atoms with van der Waals surface area (Å²) in [6, 6.07) is 9.28. The predicted octanol–water partition coefficient (Wildman–Crippen LogP) is 2.01. The third-order valence-corrected chi connectivity index (χ3v) is 5.34. The van der Waals surface area contributed by atoms with E-state index in [-0.39, 0.29) is 6.04 Å². The molecule has 0 amide bonds. The van der Waals surface area contributed by atoms with Crippen molar-refractivity contribution < 1.29 is 5.11 Å². The van der Waals surface area contributed by atoms with E-state index < -0.39 is 5.60 Å². The van der Waals surface area contributed by atoms with Gasteiger partial charge in [0.2, 0.25) is 0 Å². The minimum absolute atomic E-state index is 0.202. The summed E-state index contributed by atoms with van der Waals surface area (Å²) in [6.07, 6.45) is 5.40. The molecular weight excluding hydrogens is 236 g/mol. The second-order valence-electron chi connectivity index (χ2n) is 6.45. The molecule has 19 heavy (non-hydrogen) atoms. The summed E-state index contributed by atoms with van der Waals surface area (Å²) >= 11 is 0. The van der Waals surface area contributed by atoms with Gasteiger partial charge >= 0.3 is 0 Å². The summed E-state index contributed by atoms with van der Waals surface area (Å²) in [5.41, 5.74) is 2.05. The van der Waals surface area contributed by atoms with Crippen molar-refractivity contribution in [2.24, 2.45) is 0 Å². The van der Waals surface area contributed by atoms with E-state index >= 15 is 0 Å². The molecule has 1 aromatic carbocycles. The molecule has 4 rings (SSSR count). The second kappa shape index (κ2) is 4.22. The van der Waals surface area contributed by atoms with E-state index in [0.29, 0.717) is 6.04 Å². The summed E-state index contributed by atoms with van der Waals surface area (Å²) in [5, 5.41) is 14.7. The van der Waals surface area contributed by atoms with Crippen molar-refractivity contribution in [3.05, 3.63) is 29.8 Å². The van der Waals surface area contributed by atoms with Crippen molar-refractivity contribution in [1.82, 2.24) is 4.90 Å². The van der Waals surface area contributed by atoms with Crippen molar-refractivity contribution in [3.8, 4) is 0 Å². The van der Waals surface area contributed by atoms with Crippen molar-refractivity contribution >= 4 is 5.69 Å². The van der Waals surface area contributed by atoms with Gasteiger partial charge in [0.05, 0.1) is 11.6 Å². The number of fused-ring (bicyclic) bond motifs is 2. The Morgan fingerprint density at radius 2 is 2.16 bits per heavy atom.